The third-order valence-electron chi connectivity index (χ3n) is 3.39. The molecule has 3 rings (SSSR count). The van der Waals surface area contributed by atoms with Crippen LogP contribution in [0.2, 0.25) is 0 Å². The monoisotopic (exact) mass is 263 g/mol. The van der Waals surface area contributed by atoms with Gasteiger partial charge in [-0.25, -0.2) is 0 Å². The fraction of sp³-hybridized carbons (Fsp3) is 0.385. The molecule has 0 saturated carbocycles. The molecule has 0 fully saturated rings. The minimum Gasteiger partial charge on any atom is -0.343 e. The summed E-state index contributed by atoms with van der Waals surface area (Å²) >= 11 is 3.72. The molecule has 0 aliphatic carbocycles. The molecule has 0 saturated heterocycles. The molecule has 78 valence electrons. The quantitative estimate of drug-likeness (QED) is 0.678. The molecule has 1 nitrogen and oxygen atoms in total. The molecule has 0 bridgehead atoms. The molecule has 0 atom stereocenters. The van der Waals surface area contributed by atoms with Crippen LogP contribution in [-0.4, -0.2) is 4.57 Å². The lowest BCUT2D eigenvalue weighted by Crippen LogP contribution is -2.08. The van der Waals surface area contributed by atoms with E-state index in [1.54, 1.807) is 0 Å². The van der Waals surface area contributed by atoms with Crippen molar-refractivity contribution < 1.29 is 0 Å². The van der Waals surface area contributed by atoms with Gasteiger partial charge in [0.2, 0.25) is 0 Å². The normalized spacial score (nSPS) is 14.9. The molecule has 1 aromatic carbocycles. The predicted octanol–water partition coefficient (Wildman–Crippen LogP) is 3.97. The first-order valence-corrected chi connectivity index (χ1v) is 6.25. The van der Waals surface area contributed by atoms with Crippen LogP contribution in [0.15, 0.2) is 16.6 Å². The average molecular weight is 264 g/mol. The Hall–Kier alpha value is -0.760. The maximum atomic E-state index is 3.72. The third-order valence-corrected chi connectivity index (χ3v) is 4.39. The smallest absolute Gasteiger partial charge is 0.0526 e. The van der Waals surface area contributed by atoms with Crippen molar-refractivity contribution in [1.82, 2.24) is 4.57 Å². The zero-order valence-corrected chi connectivity index (χ0v) is 10.7. The standard InChI is InChI=1S/C13H14BrN/c1-8-6-10-4-3-5-15-9(2)12(14)11(7-8)13(10)15/h6-7H,3-5H2,1-2H3. The molecule has 2 heterocycles. The maximum Gasteiger partial charge on any atom is 0.0526 e. The Labute approximate surface area is 98.2 Å². The summed E-state index contributed by atoms with van der Waals surface area (Å²) in [5.74, 6) is 0. The summed E-state index contributed by atoms with van der Waals surface area (Å²) < 4.78 is 3.74. The molecule has 2 aromatic rings. The Morgan fingerprint density at radius 2 is 2.07 bits per heavy atom. The largest absolute Gasteiger partial charge is 0.343 e. The molecule has 15 heavy (non-hydrogen) atoms. The summed E-state index contributed by atoms with van der Waals surface area (Å²) in [5.41, 5.74) is 5.72. The molecule has 1 aromatic heterocycles. The van der Waals surface area contributed by atoms with E-state index >= 15 is 0 Å². The second-order valence-electron chi connectivity index (χ2n) is 4.47. The molecule has 0 amide bonds. The second kappa shape index (κ2) is 3.11. The number of aryl methyl sites for hydroxylation is 3. The average Bonchev–Trinajstić information content (AvgIpc) is 2.46. The third kappa shape index (κ3) is 1.21. The predicted molar refractivity (Wildman–Crippen MR) is 67.4 cm³/mol. The summed E-state index contributed by atoms with van der Waals surface area (Å²) in [4.78, 5) is 0. The van der Waals surface area contributed by atoms with Crippen LogP contribution in [0, 0.1) is 13.8 Å². The van der Waals surface area contributed by atoms with Gasteiger partial charge in [0.15, 0.2) is 0 Å². The van der Waals surface area contributed by atoms with Crippen molar-refractivity contribution in [3.63, 3.8) is 0 Å². The van der Waals surface area contributed by atoms with Gasteiger partial charge >= 0.3 is 0 Å². The van der Waals surface area contributed by atoms with Crippen LogP contribution in [0.4, 0.5) is 0 Å². The lowest BCUT2D eigenvalue weighted by molar-refractivity contribution is 0.622. The van der Waals surface area contributed by atoms with E-state index in [-0.39, 0.29) is 0 Å². The molecular weight excluding hydrogens is 250 g/mol. The summed E-state index contributed by atoms with van der Waals surface area (Å²) in [7, 11) is 0. The topological polar surface area (TPSA) is 4.93 Å². The van der Waals surface area contributed by atoms with Crippen LogP contribution >= 0.6 is 15.9 Å². The first-order valence-electron chi connectivity index (χ1n) is 5.46. The molecule has 0 radical (unpaired) electrons. The van der Waals surface area contributed by atoms with Gasteiger partial charge in [-0.2, -0.15) is 0 Å². The van der Waals surface area contributed by atoms with E-state index < -0.39 is 0 Å². The van der Waals surface area contributed by atoms with E-state index in [1.165, 1.54) is 51.6 Å². The van der Waals surface area contributed by atoms with Crippen molar-refractivity contribution in [2.24, 2.45) is 0 Å². The minimum absolute atomic E-state index is 1.17. The van der Waals surface area contributed by atoms with Gasteiger partial charge in [0.1, 0.15) is 0 Å². The Bertz CT molecular complexity index is 551. The Morgan fingerprint density at radius 1 is 1.27 bits per heavy atom. The van der Waals surface area contributed by atoms with E-state index in [2.05, 4.69) is 46.5 Å². The van der Waals surface area contributed by atoms with Crippen molar-refractivity contribution in [1.29, 1.82) is 0 Å². The zero-order valence-electron chi connectivity index (χ0n) is 9.10. The van der Waals surface area contributed by atoms with Crippen molar-refractivity contribution in [2.45, 2.75) is 33.2 Å². The van der Waals surface area contributed by atoms with Crippen LogP contribution in [-0.2, 0) is 13.0 Å². The van der Waals surface area contributed by atoms with E-state index in [0.717, 1.165) is 0 Å². The summed E-state index contributed by atoms with van der Waals surface area (Å²) in [6.45, 7) is 5.56. The van der Waals surface area contributed by atoms with Crippen molar-refractivity contribution in [3.8, 4) is 0 Å². The molecule has 0 unspecified atom stereocenters. The van der Waals surface area contributed by atoms with Crippen molar-refractivity contribution in [2.75, 3.05) is 0 Å². The van der Waals surface area contributed by atoms with Gasteiger partial charge in [0, 0.05) is 22.1 Å². The highest BCUT2D eigenvalue weighted by molar-refractivity contribution is 9.10. The lowest BCUT2D eigenvalue weighted by atomic mass is 10.0. The Balaban J connectivity index is 2.53. The molecule has 2 heteroatoms. The molecule has 0 spiro atoms. The number of benzene rings is 1. The highest BCUT2D eigenvalue weighted by Gasteiger charge is 2.18. The minimum atomic E-state index is 1.17. The van der Waals surface area contributed by atoms with Gasteiger partial charge in [0.05, 0.1) is 5.52 Å². The van der Waals surface area contributed by atoms with Crippen LogP contribution < -0.4 is 0 Å². The first kappa shape index (κ1) is 9.46. The molecule has 1 aliphatic rings. The van der Waals surface area contributed by atoms with E-state index in [0.29, 0.717) is 0 Å². The van der Waals surface area contributed by atoms with Gasteiger partial charge in [-0.1, -0.05) is 11.6 Å². The number of hydrogen-bond donors (Lipinski definition) is 0. The number of aromatic nitrogens is 1. The van der Waals surface area contributed by atoms with Gasteiger partial charge < -0.3 is 4.57 Å². The van der Waals surface area contributed by atoms with E-state index in [9.17, 15) is 0 Å². The summed E-state index contributed by atoms with van der Waals surface area (Å²) in [6, 6.07) is 4.63. The Morgan fingerprint density at radius 3 is 2.87 bits per heavy atom. The number of rotatable bonds is 0. The van der Waals surface area contributed by atoms with Crippen molar-refractivity contribution >= 4 is 26.8 Å². The summed E-state index contributed by atoms with van der Waals surface area (Å²) in [5, 5.41) is 1.39. The lowest BCUT2D eigenvalue weighted by Gasteiger charge is -2.17. The van der Waals surface area contributed by atoms with Crippen LogP contribution in [0.3, 0.4) is 0 Å². The molecule has 1 aliphatic heterocycles. The van der Waals surface area contributed by atoms with Crippen LogP contribution in [0.25, 0.3) is 10.9 Å². The highest BCUT2D eigenvalue weighted by atomic mass is 79.9. The van der Waals surface area contributed by atoms with Gasteiger partial charge in [-0.15, -0.1) is 0 Å². The van der Waals surface area contributed by atoms with Crippen molar-refractivity contribution in [3.05, 3.63) is 33.4 Å². The maximum absolute atomic E-state index is 3.72. The van der Waals surface area contributed by atoms with E-state index in [4.69, 9.17) is 0 Å². The van der Waals surface area contributed by atoms with Gasteiger partial charge in [-0.05, 0) is 54.2 Å². The zero-order chi connectivity index (χ0) is 10.6. The second-order valence-corrected chi connectivity index (χ2v) is 5.27. The SMILES string of the molecule is Cc1cc2c3c(c1)c(Br)c(C)n3CCC2. The van der Waals surface area contributed by atoms with Gasteiger partial charge in [0.25, 0.3) is 0 Å². The number of halogens is 1. The fourth-order valence-electron chi connectivity index (χ4n) is 2.72. The highest BCUT2D eigenvalue weighted by Crippen LogP contribution is 2.36. The molecular formula is C13H14BrN. The van der Waals surface area contributed by atoms with Gasteiger partial charge in [-0.3, -0.25) is 0 Å². The molecule has 0 N–H and O–H groups in total. The first-order chi connectivity index (χ1) is 7.18. The summed E-state index contributed by atoms with van der Waals surface area (Å²) in [6.07, 6.45) is 2.50. The van der Waals surface area contributed by atoms with Crippen LogP contribution in [0.5, 0.6) is 0 Å². The number of hydrogen-bond acceptors (Lipinski definition) is 0. The number of nitrogens with zero attached hydrogens (tertiary/aromatic N) is 1. The van der Waals surface area contributed by atoms with E-state index in [1.807, 2.05) is 0 Å². The Kier molecular flexibility index (Phi) is 1.96. The van der Waals surface area contributed by atoms with Crippen LogP contribution in [0.1, 0.15) is 23.2 Å². The fourth-order valence-corrected chi connectivity index (χ4v) is 3.23.